The molecule has 3 rings (SSSR count). The third-order valence-corrected chi connectivity index (χ3v) is 3.39. The van der Waals surface area contributed by atoms with Crippen molar-refractivity contribution >= 4 is 21.9 Å². The van der Waals surface area contributed by atoms with Crippen LogP contribution in [-0.2, 0) is 6.42 Å². The summed E-state index contributed by atoms with van der Waals surface area (Å²) >= 11 is 0. The second-order valence-electron chi connectivity index (χ2n) is 4.64. The van der Waals surface area contributed by atoms with Crippen molar-refractivity contribution in [3.8, 4) is 0 Å². The number of hydrogen-bond donors (Lipinski definition) is 0. The SMILES string of the molecule is CCc1cc(=O)oc2c1cc(C)c1occ(C)c12. The predicted molar refractivity (Wildman–Crippen MR) is 71.1 cm³/mol. The summed E-state index contributed by atoms with van der Waals surface area (Å²) in [7, 11) is 0. The lowest BCUT2D eigenvalue weighted by Crippen LogP contribution is -2.00. The number of rotatable bonds is 1. The molecule has 0 unspecified atom stereocenters. The van der Waals surface area contributed by atoms with Crippen LogP contribution in [0.25, 0.3) is 21.9 Å². The van der Waals surface area contributed by atoms with Gasteiger partial charge in [-0.05, 0) is 43.0 Å². The van der Waals surface area contributed by atoms with Crippen molar-refractivity contribution in [3.05, 3.63) is 45.5 Å². The zero-order valence-corrected chi connectivity index (χ0v) is 10.7. The van der Waals surface area contributed by atoms with Gasteiger partial charge in [0.1, 0.15) is 11.2 Å². The van der Waals surface area contributed by atoms with Crippen LogP contribution in [0.5, 0.6) is 0 Å². The highest BCUT2D eigenvalue weighted by atomic mass is 16.4. The fourth-order valence-corrected chi connectivity index (χ4v) is 2.49. The van der Waals surface area contributed by atoms with Crippen molar-refractivity contribution in [1.29, 1.82) is 0 Å². The number of fused-ring (bicyclic) bond motifs is 3. The molecule has 0 fully saturated rings. The minimum atomic E-state index is -0.301. The van der Waals surface area contributed by atoms with Crippen LogP contribution >= 0.6 is 0 Å². The second kappa shape index (κ2) is 3.73. The van der Waals surface area contributed by atoms with Crippen molar-refractivity contribution < 1.29 is 8.83 Å². The van der Waals surface area contributed by atoms with E-state index in [4.69, 9.17) is 8.83 Å². The molecule has 0 amide bonds. The summed E-state index contributed by atoms with van der Waals surface area (Å²) in [6.07, 6.45) is 2.51. The Balaban J connectivity index is 2.66. The topological polar surface area (TPSA) is 43.4 Å². The van der Waals surface area contributed by atoms with Crippen LogP contribution in [0.3, 0.4) is 0 Å². The summed E-state index contributed by atoms with van der Waals surface area (Å²) in [6.45, 7) is 6.01. The van der Waals surface area contributed by atoms with Gasteiger partial charge in [-0.15, -0.1) is 0 Å². The van der Waals surface area contributed by atoms with Crippen LogP contribution < -0.4 is 5.63 Å². The van der Waals surface area contributed by atoms with Crippen molar-refractivity contribution in [3.63, 3.8) is 0 Å². The van der Waals surface area contributed by atoms with E-state index < -0.39 is 0 Å². The highest BCUT2D eigenvalue weighted by molar-refractivity contribution is 6.06. The average molecular weight is 242 g/mol. The van der Waals surface area contributed by atoms with Crippen LogP contribution in [0.15, 0.2) is 32.0 Å². The molecule has 3 nitrogen and oxygen atoms in total. The molecular weight excluding hydrogens is 228 g/mol. The van der Waals surface area contributed by atoms with Crippen molar-refractivity contribution in [2.24, 2.45) is 0 Å². The van der Waals surface area contributed by atoms with E-state index in [1.54, 1.807) is 12.3 Å². The highest BCUT2D eigenvalue weighted by Crippen LogP contribution is 2.32. The minimum absolute atomic E-state index is 0.301. The number of hydrogen-bond acceptors (Lipinski definition) is 3. The van der Waals surface area contributed by atoms with Crippen LogP contribution in [0.1, 0.15) is 23.6 Å². The van der Waals surface area contributed by atoms with Gasteiger partial charge in [0.05, 0.1) is 11.6 Å². The Hall–Kier alpha value is -2.03. The molecule has 0 saturated carbocycles. The van der Waals surface area contributed by atoms with E-state index in [1.165, 1.54) is 0 Å². The fourth-order valence-electron chi connectivity index (χ4n) is 2.49. The lowest BCUT2D eigenvalue weighted by atomic mass is 10.0. The van der Waals surface area contributed by atoms with E-state index in [1.807, 2.05) is 26.8 Å². The lowest BCUT2D eigenvalue weighted by molar-refractivity contribution is 0.561. The van der Waals surface area contributed by atoms with Gasteiger partial charge >= 0.3 is 5.63 Å². The molecule has 0 N–H and O–H groups in total. The average Bonchev–Trinajstić information content (AvgIpc) is 2.73. The molecule has 3 heteroatoms. The van der Waals surface area contributed by atoms with Gasteiger partial charge in [-0.25, -0.2) is 4.79 Å². The van der Waals surface area contributed by atoms with Crippen molar-refractivity contribution in [2.75, 3.05) is 0 Å². The van der Waals surface area contributed by atoms with Gasteiger partial charge in [-0.1, -0.05) is 6.92 Å². The van der Waals surface area contributed by atoms with E-state index >= 15 is 0 Å². The third kappa shape index (κ3) is 1.40. The Morgan fingerprint density at radius 3 is 2.61 bits per heavy atom. The third-order valence-electron chi connectivity index (χ3n) is 3.39. The van der Waals surface area contributed by atoms with Crippen LogP contribution in [0.4, 0.5) is 0 Å². The van der Waals surface area contributed by atoms with Gasteiger partial charge in [0.15, 0.2) is 0 Å². The molecule has 2 heterocycles. The summed E-state index contributed by atoms with van der Waals surface area (Å²) in [5, 5.41) is 1.92. The first-order chi connectivity index (χ1) is 8.61. The standard InChI is InChI=1S/C15H14O3/c1-4-10-6-12(16)18-15-11(10)5-8(2)14-13(15)9(3)7-17-14/h5-7H,4H2,1-3H3. The smallest absolute Gasteiger partial charge is 0.336 e. The Morgan fingerprint density at radius 1 is 1.11 bits per heavy atom. The van der Waals surface area contributed by atoms with Gasteiger partial charge in [0, 0.05) is 11.5 Å². The van der Waals surface area contributed by atoms with Gasteiger partial charge in [-0.2, -0.15) is 0 Å². The predicted octanol–water partition coefficient (Wildman–Crippen LogP) is 3.72. The van der Waals surface area contributed by atoms with E-state index in [-0.39, 0.29) is 5.63 Å². The van der Waals surface area contributed by atoms with E-state index in [0.29, 0.717) is 5.58 Å². The van der Waals surface area contributed by atoms with Crippen LogP contribution in [0, 0.1) is 13.8 Å². The molecule has 0 spiro atoms. The minimum Gasteiger partial charge on any atom is -0.464 e. The van der Waals surface area contributed by atoms with E-state index in [0.717, 1.165) is 39.5 Å². The molecule has 0 atom stereocenters. The summed E-state index contributed by atoms with van der Waals surface area (Å²) in [6, 6.07) is 3.60. The molecule has 0 bridgehead atoms. The van der Waals surface area contributed by atoms with Crippen LogP contribution in [0.2, 0.25) is 0 Å². The largest absolute Gasteiger partial charge is 0.464 e. The number of aryl methyl sites for hydroxylation is 3. The molecule has 0 aliphatic heterocycles. The number of furan rings is 1. The molecule has 3 aromatic rings. The number of benzene rings is 1. The molecule has 0 aliphatic rings. The summed E-state index contributed by atoms with van der Waals surface area (Å²) in [5.74, 6) is 0. The molecule has 0 radical (unpaired) electrons. The Kier molecular flexibility index (Phi) is 2.30. The highest BCUT2D eigenvalue weighted by Gasteiger charge is 2.14. The van der Waals surface area contributed by atoms with Gasteiger partial charge < -0.3 is 8.83 Å². The Labute approximate surface area is 104 Å². The molecule has 0 saturated heterocycles. The van der Waals surface area contributed by atoms with Crippen molar-refractivity contribution in [1.82, 2.24) is 0 Å². The molecule has 18 heavy (non-hydrogen) atoms. The maximum absolute atomic E-state index is 11.6. The monoisotopic (exact) mass is 242 g/mol. The first-order valence-corrected chi connectivity index (χ1v) is 6.06. The molecule has 92 valence electrons. The normalized spacial score (nSPS) is 11.5. The van der Waals surface area contributed by atoms with E-state index in [9.17, 15) is 4.79 Å². The van der Waals surface area contributed by atoms with Crippen LogP contribution in [-0.4, -0.2) is 0 Å². The van der Waals surface area contributed by atoms with E-state index in [2.05, 4.69) is 0 Å². The first-order valence-electron chi connectivity index (χ1n) is 6.06. The first kappa shape index (κ1) is 11.1. The maximum Gasteiger partial charge on any atom is 0.336 e. The lowest BCUT2D eigenvalue weighted by Gasteiger charge is -2.05. The summed E-state index contributed by atoms with van der Waals surface area (Å²) in [5.41, 5.74) is 4.23. The summed E-state index contributed by atoms with van der Waals surface area (Å²) < 4.78 is 10.9. The fraction of sp³-hybridized carbons (Fsp3) is 0.267. The molecular formula is C15H14O3. The second-order valence-corrected chi connectivity index (χ2v) is 4.64. The summed E-state index contributed by atoms with van der Waals surface area (Å²) in [4.78, 5) is 11.6. The maximum atomic E-state index is 11.6. The van der Waals surface area contributed by atoms with Crippen molar-refractivity contribution in [2.45, 2.75) is 27.2 Å². The molecule has 0 aliphatic carbocycles. The zero-order chi connectivity index (χ0) is 12.9. The van der Waals surface area contributed by atoms with Gasteiger partial charge in [0.25, 0.3) is 0 Å². The zero-order valence-electron chi connectivity index (χ0n) is 10.7. The van der Waals surface area contributed by atoms with Gasteiger partial charge in [0.2, 0.25) is 0 Å². The molecule has 1 aromatic carbocycles. The Bertz CT molecular complexity index is 806. The molecule has 2 aromatic heterocycles. The quantitative estimate of drug-likeness (QED) is 0.611. The van der Waals surface area contributed by atoms with Gasteiger partial charge in [-0.3, -0.25) is 0 Å². The Morgan fingerprint density at radius 2 is 1.89 bits per heavy atom.